The van der Waals surface area contributed by atoms with Crippen LogP contribution in [0, 0.1) is 6.92 Å². The van der Waals surface area contributed by atoms with Gasteiger partial charge in [-0.15, -0.1) is 0 Å². The summed E-state index contributed by atoms with van der Waals surface area (Å²) in [4.78, 5) is 4.75. The second-order valence-electron chi connectivity index (χ2n) is 5.07. The highest BCUT2D eigenvalue weighted by Crippen LogP contribution is 2.31. The maximum Gasteiger partial charge on any atom is 0.197 e. The molecule has 0 amide bonds. The molecule has 17 heavy (non-hydrogen) atoms. The first kappa shape index (κ1) is 11.2. The molecule has 1 aromatic heterocycles. The van der Waals surface area contributed by atoms with Crippen LogP contribution in [0.2, 0.25) is 0 Å². The fraction of sp³-hybridized carbons (Fsp3) is 0.769. The van der Waals surface area contributed by atoms with Crippen LogP contribution in [0.3, 0.4) is 0 Å². The van der Waals surface area contributed by atoms with E-state index < -0.39 is 0 Å². The Morgan fingerprint density at radius 2 is 2.00 bits per heavy atom. The first-order valence-electron chi connectivity index (χ1n) is 6.60. The molecule has 4 nitrogen and oxygen atoms in total. The lowest BCUT2D eigenvalue weighted by Crippen LogP contribution is -2.14. The van der Waals surface area contributed by atoms with E-state index in [9.17, 15) is 0 Å². The molecule has 0 bridgehead atoms. The molecule has 2 aliphatic rings. The highest BCUT2D eigenvalue weighted by Gasteiger charge is 2.27. The number of aromatic nitrogens is 1. The van der Waals surface area contributed by atoms with E-state index in [1.165, 1.54) is 12.1 Å². The molecule has 0 saturated carbocycles. The summed E-state index contributed by atoms with van der Waals surface area (Å²) in [6.07, 6.45) is 3.27. The van der Waals surface area contributed by atoms with E-state index in [4.69, 9.17) is 14.1 Å². The van der Waals surface area contributed by atoms with Crippen molar-refractivity contribution in [2.75, 3.05) is 26.3 Å². The highest BCUT2D eigenvalue weighted by molar-refractivity contribution is 5.17. The number of hydrogen-bond acceptors (Lipinski definition) is 4. The summed E-state index contributed by atoms with van der Waals surface area (Å²) < 4.78 is 11.3. The molecule has 3 heterocycles. The van der Waals surface area contributed by atoms with Crippen LogP contribution in [0.25, 0.3) is 0 Å². The first-order valence-corrected chi connectivity index (χ1v) is 6.60. The predicted octanol–water partition coefficient (Wildman–Crippen LogP) is 1.95. The Morgan fingerprint density at radius 3 is 2.71 bits per heavy atom. The molecule has 2 aliphatic heterocycles. The normalized spacial score (nSPS) is 26.5. The van der Waals surface area contributed by atoms with E-state index in [-0.39, 0.29) is 0 Å². The molecule has 0 spiro atoms. The number of ether oxygens (including phenoxy) is 1. The SMILES string of the molecule is Cc1oc(C2CCOCC2)nc1C1CCNC1. The maximum absolute atomic E-state index is 5.87. The molecule has 94 valence electrons. The summed E-state index contributed by atoms with van der Waals surface area (Å²) >= 11 is 0. The minimum Gasteiger partial charge on any atom is -0.445 e. The van der Waals surface area contributed by atoms with Gasteiger partial charge in [-0.1, -0.05) is 0 Å². The molecule has 1 unspecified atom stereocenters. The summed E-state index contributed by atoms with van der Waals surface area (Å²) in [5.74, 6) is 2.96. The zero-order valence-electron chi connectivity index (χ0n) is 10.4. The molecule has 1 N–H and O–H groups in total. The van der Waals surface area contributed by atoms with Crippen LogP contribution in [0.4, 0.5) is 0 Å². The average molecular weight is 236 g/mol. The van der Waals surface area contributed by atoms with E-state index in [0.717, 1.165) is 50.8 Å². The smallest absolute Gasteiger partial charge is 0.197 e. The third kappa shape index (κ3) is 2.24. The number of nitrogens with one attached hydrogen (secondary N) is 1. The Labute approximate surface area is 102 Å². The van der Waals surface area contributed by atoms with Crippen molar-refractivity contribution in [3.8, 4) is 0 Å². The Morgan fingerprint density at radius 1 is 1.18 bits per heavy atom. The van der Waals surface area contributed by atoms with Gasteiger partial charge in [0.1, 0.15) is 5.76 Å². The Bertz CT molecular complexity index is 377. The zero-order valence-corrected chi connectivity index (χ0v) is 10.4. The second kappa shape index (κ2) is 4.78. The van der Waals surface area contributed by atoms with Gasteiger partial charge in [-0.25, -0.2) is 4.98 Å². The van der Waals surface area contributed by atoms with E-state index >= 15 is 0 Å². The monoisotopic (exact) mass is 236 g/mol. The van der Waals surface area contributed by atoms with Gasteiger partial charge < -0.3 is 14.5 Å². The van der Waals surface area contributed by atoms with Crippen molar-refractivity contribution in [1.29, 1.82) is 0 Å². The fourth-order valence-corrected chi connectivity index (χ4v) is 2.82. The fourth-order valence-electron chi connectivity index (χ4n) is 2.82. The van der Waals surface area contributed by atoms with Crippen molar-refractivity contribution >= 4 is 0 Å². The second-order valence-corrected chi connectivity index (χ2v) is 5.07. The van der Waals surface area contributed by atoms with Crippen LogP contribution < -0.4 is 5.32 Å². The van der Waals surface area contributed by atoms with E-state index in [2.05, 4.69) is 5.32 Å². The molecule has 0 radical (unpaired) electrons. The Hall–Kier alpha value is -0.870. The van der Waals surface area contributed by atoms with Gasteiger partial charge in [-0.3, -0.25) is 0 Å². The van der Waals surface area contributed by atoms with Crippen molar-refractivity contribution in [1.82, 2.24) is 10.3 Å². The first-order chi connectivity index (χ1) is 8.34. The molecule has 3 rings (SSSR count). The molecule has 0 aromatic carbocycles. The minimum atomic E-state index is 0.463. The van der Waals surface area contributed by atoms with Gasteiger partial charge in [0.2, 0.25) is 0 Å². The average Bonchev–Trinajstić information content (AvgIpc) is 2.99. The molecule has 1 aromatic rings. The number of aryl methyl sites for hydroxylation is 1. The van der Waals surface area contributed by atoms with E-state index in [0.29, 0.717) is 11.8 Å². The number of nitrogens with zero attached hydrogens (tertiary/aromatic N) is 1. The van der Waals surface area contributed by atoms with E-state index in [1.54, 1.807) is 0 Å². The van der Waals surface area contributed by atoms with Gasteiger partial charge in [0, 0.05) is 31.6 Å². The molecular weight excluding hydrogens is 216 g/mol. The lowest BCUT2D eigenvalue weighted by molar-refractivity contribution is 0.0792. The maximum atomic E-state index is 5.87. The highest BCUT2D eigenvalue weighted by atomic mass is 16.5. The Kier molecular flexibility index (Phi) is 3.16. The Balaban J connectivity index is 1.79. The molecule has 4 heteroatoms. The van der Waals surface area contributed by atoms with Crippen LogP contribution >= 0.6 is 0 Å². The largest absolute Gasteiger partial charge is 0.445 e. The molecule has 0 aliphatic carbocycles. The summed E-state index contributed by atoms with van der Waals surface area (Å²) in [5.41, 5.74) is 1.18. The summed E-state index contributed by atoms with van der Waals surface area (Å²) in [6.45, 7) is 5.87. The lowest BCUT2D eigenvalue weighted by atomic mass is 10.0. The van der Waals surface area contributed by atoms with Crippen LogP contribution in [0.15, 0.2) is 4.42 Å². The quantitative estimate of drug-likeness (QED) is 0.852. The summed E-state index contributed by atoms with van der Waals surface area (Å²) in [6, 6.07) is 0. The summed E-state index contributed by atoms with van der Waals surface area (Å²) in [7, 11) is 0. The van der Waals surface area contributed by atoms with Crippen molar-refractivity contribution in [3.05, 3.63) is 17.3 Å². The van der Waals surface area contributed by atoms with E-state index in [1.807, 2.05) is 6.92 Å². The van der Waals surface area contributed by atoms with Crippen molar-refractivity contribution in [2.24, 2.45) is 0 Å². The zero-order chi connectivity index (χ0) is 11.7. The topological polar surface area (TPSA) is 47.3 Å². The van der Waals surface area contributed by atoms with Crippen molar-refractivity contribution < 1.29 is 9.15 Å². The van der Waals surface area contributed by atoms with Gasteiger partial charge in [-0.2, -0.15) is 0 Å². The molecule has 2 saturated heterocycles. The van der Waals surface area contributed by atoms with Gasteiger partial charge in [0.15, 0.2) is 5.89 Å². The summed E-state index contributed by atoms with van der Waals surface area (Å²) in [5, 5.41) is 3.39. The van der Waals surface area contributed by atoms with Crippen LogP contribution in [0.5, 0.6) is 0 Å². The third-order valence-corrected chi connectivity index (χ3v) is 3.87. The molecular formula is C13H20N2O2. The van der Waals surface area contributed by atoms with Crippen molar-refractivity contribution in [2.45, 2.75) is 38.0 Å². The van der Waals surface area contributed by atoms with Crippen LogP contribution in [0.1, 0.15) is 48.4 Å². The van der Waals surface area contributed by atoms with Gasteiger partial charge in [0.25, 0.3) is 0 Å². The minimum absolute atomic E-state index is 0.463. The van der Waals surface area contributed by atoms with Gasteiger partial charge in [-0.05, 0) is 32.7 Å². The van der Waals surface area contributed by atoms with Crippen molar-refractivity contribution in [3.63, 3.8) is 0 Å². The van der Waals surface area contributed by atoms with Gasteiger partial charge >= 0.3 is 0 Å². The predicted molar refractivity (Wildman–Crippen MR) is 64.3 cm³/mol. The van der Waals surface area contributed by atoms with Gasteiger partial charge in [0.05, 0.1) is 5.69 Å². The third-order valence-electron chi connectivity index (χ3n) is 3.87. The van der Waals surface area contributed by atoms with Crippen LogP contribution in [-0.4, -0.2) is 31.3 Å². The molecule has 1 atom stereocenters. The lowest BCUT2D eigenvalue weighted by Gasteiger charge is -2.18. The number of hydrogen-bond donors (Lipinski definition) is 1. The number of rotatable bonds is 2. The standard InChI is InChI=1S/C13H20N2O2/c1-9-12(11-2-5-14-8-11)15-13(17-9)10-3-6-16-7-4-10/h10-11,14H,2-8H2,1H3. The number of oxazole rings is 1. The van der Waals surface area contributed by atoms with Crippen LogP contribution in [-0.2, 0) is 4.74 Å². The molecule has 2 fully saturated rings.